The molecule has 0 unspecified atom stereocenters. The highest BCUT2D eigenvalue weighted by molar-refractivity contribution is 5.57. The van der Waals surface area contributed by atoms with Crippen molar-refractivity contribution in [1.29, 1.82) is 0 Å². The Kier molecular flexibility index (Phi) is 3.10. The van der Waals surface area contributed by atoms with Crippen LogP contribution >= 0.6 is 0 Å². The van der Waals surface area contributed by atoms with Gasteiger partial charge in [-0.3, -0.25) is 9.67 Å². The first-order valence-corrected chi connectivity index (χ1v) is 7.35. The van der Waals surface area contributed by atoms with Gasteiger partial charge in [-0.15, -0.1) is 0 Å². The van der Waals surface area contributed by atoms with Gasteiger partial charge in [0.25, 0.3) is 5.89 Å². The van der Waals surface area contributed by atoms with Crippen molar-refractivity contribution >= 4 is 5.69 Å². The molecule has 112 valence electrons. The van der Waals surface area contributed by atoms with Crippen LogP contribution < -0.4 is 4.90 Å². The van der Waals surface area contributed by atoms with Gasteiger partial charge in [-0.1, -0.05) is 5.16 Å². The Bertz CT molecular complexity index is 769. The molecule has 4 rings (SSSR count). The van der Waals surface area contributed by atoms with Crippen molar-refractivity contribution in [3.05, 3.63) is 30.6 Å². The minimum atomic E-state index is 0.445. The third-order valence-corrected chi connectivity index (χ3v) is 3.91. The van der Waals surface area contributed by atoms with E-state index < -0.39 is 0 Å². The van der Waals surface area contributed by atoms with E-state index in [0.29, 0.717) is 17.4 Å². The van der Waals surface area contributed by atoms with E-state index in [2.05, 4.69) is 31.2 Å². The number of rotatable bonds is 3. The number of anilines is 1. The number of hydrogen-bond donors (Lipinski definition) is 0. The predicted molar refractivity (Wildman–Crippen MR) is 81.2 cm³/mol. The van der Waals surface area contributed by atoms with Gasteiger partial charge in [0.15, 0.2) is 0 Å². The van der Waals surface area contributed by atoms with E-state index in [0.717, 1.165) is 24.5 Å². The Morgan fingerprint density at radius 2 is 2.00 bits per heavy atom. The summed E-state index contributed by atoms with van der Waals surface area (Å²) < 4.78 is 7.00. The first kappa shape index (κ1) is 13.0. The van der Waals surface area contributed by atoms with Crippen molar-refractivity contribution in [2.45, 2.75) is 12.8 Å². The maximum Gasteiger partial charge on any atom is 0.276 e. The number of aromatic nitrogens is 5. The van der Waals surface area contributed by atoms with Crippen molar-refractivity contribution in [3.8, 4) is 23.1 Å². The van der Waals surface area contributed by atoms with Crippen LogP contribution in [0.15, 0.2) is 35.1 Å². The summed E-state index contributed by atoms with van der Waals surface area (Å²) in [5.74, 6) is 0.935. The van der Waals surface area contributed by atoms with Gasteiger partial charge < -0.3 is 9.42 Å². The zero-order chi connectivity index (χ0) is 14.9. The van der Waals surface area contributed by atoms with E-state index in [1.54, 1.807) is 10.9 Å². The minimum Gasteiger partial charge on any atom is -0.370 e. The van der Waals surface area contributed by atoms with E-state index in [9.17, 15) is 0 Å². The maximum atomic E-state index is 5.30. The molecule has 22 heavy (non-hydrogen) atoms. The number of nitrogens with zero attached hydrogens (tertiary/aromatic N) is 6. The first-order valence-electron chi connectivity index (χ1n) is 7.35. The van der Waals surface area contributed by atoms with E-state index in [-0.39, 0.29) is 0 Å². The van der Waals surface area contributed by atoms with Crippen LogP contribution in [0.1, 0.15) is 12.8 Å². The molecule has 0 spiro atoms. The molecular weight excluding hydrogens is 280 g/mol. The predicted octanol–water partition coefficient (Wildman–Crippen LogP) is 2.13. The molecule has 0 saturated carbocycles. The van der Waals surface area contributed by atoms with Crippen LogP contribution in [0.25, 0.3) is 23.1 Å². The van der Waals surface area contributed by atoms with Gasteiger partial charge in [0.1, 0.15) is 11.4 Å². The van der Waals surface area contributed by atoms with Gasteiger partial charge >= 0.3 is 0 Å². The molecule has 0 atom stereocenters. The van der Waals surface area contributed by atoms with Gasteiger partial charge in [-0.25, -0.2) is 0 Å². The van der Waals surface area contributed by atoms with Gasteiger partial charge in [0, 0.05) is 26.3 Å². The van der Waals surface area contributed by atoms with Crippen LogP contribution in [-0.2, 0) is 7.05 Å². The molecule has 0 aromatic carbocycles. The summed E-state index contributed by atoms with van der Waals surface area (Å²) >= 11 is 0. The fraction of sp³-hybridized carbons (Fsp3) is 0.333. The minimum absolute atomic E-state index is 0.445. The average molecular weight is 296 g/mol. The van der Waals surface area contributed by atoms with Crippen molar-refractivity contribution in [2.75, 3.05) is 18.0 Å². The van der Waals surface area contributed by atoms with E-state index in [4.69, 9.17) is 4.52 Å². The van der Waals surface area contributed by atoms with E-state index in [1.807, 2.05) is 25.4 Å². The van der Waals surface area contributed by atoms with Gasteiger partial charge in [0.05, 0.1) is 11.9 Å². The molecule has 1 aliphatic heterocycles. The van der Waals surface area contributed by atoms with Crippen molar-refractivity contribution in [1.82, 2.24) is 24.9 Å². The van der Waals surface area contributed by atoms with Crippen LogP contribution in [-0.4, -0.2) is 38.0 Å². The second kappa shape index (κ2) is 5.25. The highest BCUT2D eigenvalue weighted by Gasteiger charge is 2.16. The fourth-order valence-electron chi connectivity index (χ4n) is 2.70. The Morgan fingerprint density at radius 3 is 2.68 bits per heavy atom. The lowest BCUT2D eigenvalue weighted by Gasteiger charge is -2.16. The molecule has 0 N–H and O–H groups in total. The highest BCUT2D eigenvalue weighted by atomic mass is 16.5. The van der Waals surface area contributed by atoms with Crippen LogP contribution in [0.3, 0.4) is 0 Å². The molecule has 7 nitrogen and oxygen atoms in total. The third kappa shape index (κ3) is 2.24. The monoisotopic (exact) mass is 296 g/mol. The zero-order valence-corrected chi connectivity index (χ0v) is 12.3. The summed E-state index contributed by atoms with van der Waals surface area (Å²) in [6, 6.07) is 5.83. The summed E-state index contributed by atoms with van der Waals surface area (Å²) in [7, 11) is 1.84. The van der Waals surface area contributed by atoms with E-state index in [1.165, 1.54) is 12.8 Å². The van der Waals surface area contributed by atoms with Crippen molar-refractivity contribution < 1.29 is 4.52 Å². The Labute approximate surface area is 127 Å². The summed E-state index contributed by atoms with van der Waals surface area (Å²) in [6.07, 6.45) is 6.07. The molecule has 0 amide bonds. The molecular formula is C15H16N6O. The summed E-state index contributed by atoms with van der Waals surface area (Å²) in [4.78, 5) is 11.2. The molecule has 0 aliphatic carbocycles. The van der Waals surface area contributed by atoms with Crippen LogP contribution in [0.2, 0.25) is 0 Å². The van der Waals surface area contributed by atoms with Gasteiger partial charge in [-0.2, -0.15) is 10.1 Å². The molecule has 1 aliphatic rings. The molecule has 1 fully saturated rings. The second-order valence-electron chi connectivity index (χ2n) is 5.36. The lowest BCUT2D eigenvalue weighted by molar-refractivity contribution is 0.428. The zero-order valence-electron chi connectivity index (χ0n) is 12.3. The summed E-state index contributed by atoms with van der Waals surface area (Å²) in [6.45, 7) is 2.21. The fourth-order valence-corrected chi connectivity index (χ4v) is 2.70. The third-order valence-electron chi connectivity index (χ3n) is 3.91. The highest BCUT2D eigenvalue weighted by Crippen LogP contribution is 2.23. The lowest BCUT2D eigenvalue weighted by atomic mass is 10.3. The maximum absolute atomic E-state index is 5.30. The molecule has 1 saturated heterocycles. The number of hydrogen-bond acceptors (Lipinski definition) is 6. The van der Waals surface area contributed by atoms with Crippen LogP contribution in [0, 0.1) is 0 Å². The van der Waals surface area contributed by atoms with E-state index >= 15 is 0 Å². The number of pyridine rings is 1. The van der Waals surface area contributed by atoms with Crippen LogP contribution in [0.5, 0.6) is 0 Å². The summed E-state index contributed by atoms with van der Waals surface area (Å²) in [5, 5.41) is 8.11. The second-order valence-corrected chi connectivity index (χ2v) is 5.36. The molecule has 3 aromatic rings. The first-order chi connectivity index (χ1) is 10.8. The smallest absolute Gasteiger partial charge is 0.276 e. The van der Waals surface area contributed by atoms with Crippen molar-refractivity contribution in [2.24, 2.45) is 7.05 Å². The largest absolute Gasteiger partial charge is 0.370 e. The topological polar surface area (TPSA) is 72.9 Å². The van der Waals surface area contributed by atoms with Crippen LogP contribution in [0.4, 0.5) is 5.69 Å². The Morgan fingerprint density at radius 1 is 1.14 bits per heavy atom. The Hall–Kier alpha value is -2.70. The molecule has 4 heterocycles. The lowest BCUT2D eigenvalue weighted by Crippen LogP contribution is -2.17. The molecule has 0 radical (unpaired) electrons. The summed E-state index contributed by atoms with van der Waals surface area (Å²) in [5.41, 5.74) is 2.64. The average Bonchev–Trinajstić information content (AvgIpc) is 3.28. The quantitative estimate of drug-likeness (QED) is 0.737. The van der Waals surface area contributed by atoms with Crippen molar-refractivity contribution in [3.63, 3.8) is 0 Å². The molecule has 7 heteroatoms. The molecule has 3 aromatic heterocycles. The van der Waals surface area contributed by atoms with Gasteiger partial charge in [0.2, 0.25) is 5.82 Å². The molecule has 0 bridgehead atoms. The standard InChI is InChI=1S/C15H16N6O/c1-20-13(6-7-17-20)15-18-14(19-22-15)12-5-4-11(10-16-12)21-8-2-3-9-21/h4-7,10H,2-3,8-9H2,1H3. The Balaban J connectivity index is 1.60. The SMILES string of the molecule is Cn1nccc1-c1nc(-c2ccc(N3CCCC3)cn2)no1. The normalized spacial score (nSPS) is 14.7. The number of aryl methyl sites for hydroxylation is 1. The van der Waals surface area contributed by atoms with Gasteiger partial charge in [-0.05, 0) is 31.0 Å².